The van der Waals surface area contributed by atoms with Crippen molar-refractivity contribution < 1.29 is 19.3 Å². The molecule has 4 heteroatoms. The lowest BCUT2D eigenvalue weighted by Crippen LogP contribution is -2.41. The normalized spacial score (nSPS) is 26.6. The SMILES string of the molecule is COc1ccc(OC)c(C2(O)CCOC(C(C)C)C2)c1. The maximum Gasteiger partial charge on any atom is 0.125 e. The van der Waals surface area contributed by atoms with Crippen molar-refractivity contribution in [2.75, 3.05) is 20.8 Å². The van der Waals surface area contributed by atoms with Crippen LogP contribution in [0.4, 0.5) is 0 Å². The van der Waals surface area contributed by atoms with E-state index in [4.69, 9.17) is 14.2 Å². The molecule has 0 amide bonds. The van der Waals surface area contributed by atoms with Crippen LogP contribution in [-0.2, 0) is 10.3 Å². The fourth-order valence-corrected chi connectivity index (χ4v) is 2.72. The lowest BCUT2D eigenvalue weighted by atomic mass is 9.80. The van der Waals surface area contributed by atoms with Gasteiger partial charge < -0.3 is 19.3 Å². The Bertz CT molecular complexity index is 458. The number of rotatable bonds is 4. The van der Waals surface area contributed by atoms with Gasteiger partial charge in [0.15, 0.2) is 0 Å². The van der Waals surface area contributed by atoms with Gasteiger partial charge in [0.2, 0.25) is 0 Å². The van der Waals surface area contributed by atoms with Crippen molar-refractivity contribution in [3.05, 3.63) is 23.8 Å². The first-order valence-corrected chi connectivity index (χ1v) is 7.06. The van der Waals surface area contributed by atoms with Gasteiger partial charge in [-0.15, -0.1) is 0 Å². The molecule has 0 saturated carbocycles. The van der Waals surface area contributed by atoms with Gasteiger partial charge in [0.1, 0.15) is 11.5 Å². The Morgan fingerprint density at radius 3 is 2.65 bits per heavy atom. The van der Waals surface area contributed by atoms with Crippen LogP contribution < -0.4 is 9.47 Å². The number of aliphatic hydroxyl groups is 1. The summed E-state index contributed by atoms with van der Waals surface area (Å²) in [5.41, 5.74) is -0.138. The highest BCUT2D eigenvalue weighted by Crippen LogP contribution is 2.42. The second kappa shape index (κ2) is 6.02. The van der Waals surface area contributed by atoms with E-state index < -0.39 is 5.60 Å². The summed E-state index contributed by atoms with van der Waals surface area (Å²) in [5, 5.41) is 11.1. The predicted molar refractivity (Wildman–Crippen MR) is 77.3 cm³/mol. The van der Waals surface area contributed by atoms with Crippen molar-refractivity contribution in [3.63, 3.8) is 0 Å². The minimum absolute atomic E-state index is 0.0599. The molecule has 1 aromatic carbocycles. The van der Waals surface area contributed by atoms with Crippen LogP contribution in [0.2, 0.25) is 0 Å². The van der Waals surface area contributed by atoms with Crippen LogP contribution in [0.5, 0.6) is 11.5 Å². The summed E-state index contributed by atoms with van der Waals surface area (Å²) in [6, 6.07) is 5.54. The molecule has 0 aromatic heterocycles. The minimum atomic E-state index is -0.924. The summed E-state index contributed by atoms with van der Waals surface area (Å²) in [6.07, 6.45) is 1.21. The molecule has 1 N–H and O–H groups in total. The van der Waals surface area contributed by atoms with Gasteiger partial charge in [0.05, 0.1) is 32.5 Å². The van der Waals surface area contributed by atoms with Crippen LogP contribution in [0.3, 0.4) is 0 Å². The average molecular weight is 280 g/mol. The first-order chi connectivity index (χ1) is 9.50. The van der Waals surface area contributed by atoms with Gasteiger partial charge in [-0.2, -0.15) is 0 Å². The molecule has 2 atom stereocenters. The summed E-state index contributed by atoms with van der Waals surface area (Å²) >= 11 is 0. The summed E-state index contributed by atoms with van der Waals surface area (Å²) in [4.78, 5) is 0. The molecule has 1 aliphatic rings. The van der Waals surface area contributed by atoms with Crippen molar-refractivity contribution in [1.82, 2.24) is 0 Å². The summed E-state index contributed by atoms with van der Waals surface area (Å²) < 4.78 is 16.4. The van der Waals surface area contributed by atoms with E-state index in [2.05, 4.69) is 13.8 Å². The Balaban J connectivity index is 2.37. The third-order valence-electron chi connectivity index (χ3n) is 4.04. The summed E-state index contributed by atoms with van der Waals surface area (Å²) in [6.45, 7) is 4.78. The molecular weight excluding hydrogens is 256 g/mol. The molecule has 2 rings (SSSR count). The second-order valence-corrected chi connectivity index (χ2v) is 5.71. The highest BCUT2D eigenvalue weighted by molar-refractivity contribution is 5.44. The maximum absolute atomic E-state index is 11.1. The molecule has 20 heavy (non-hydrogen) atoms. The van der Waals surface area contributed by atoms with Crippen molar-refractivity contribution in [2.45, 2.75) is 38.4 Å². The molecule has 4 nitrogen and oxygen atoms in total. The van der Waals surface area contributed by atoms with Crippen LogP contribution in [-0.4, -0.2) is 32.0 Å². The lowest BCUT2D eigenvalue weighted by Gasteiger charge is -2.39. The second-order valence-electron chi connectivity index (χ2n) is 5.71. The number of ether oxygens (including phenoxy) is 3. The van der Waals surface area contributed by atoms with Crippen LogP contribution in [0.1, 0.15) is 32.3 Å². The van der Waals surface area contributed by atoms with E-state index in [1.807, 2.05) is 18.2 Å². The first-order valence-electron chi connectivity index (χ1n) is 7.06. The minimum Gasteiger partial charge on any atom is -0.497 e. The molecule has 1 heterocycles. The van der Waals surface area contributed by atoms with Gasteiger partial charge in [0.25, 0.3) is 0 Å². The molecule has 112 valence electrons. The molecule has 1 fully saturated rings. The highest BCUT2D eigenvalue weighted by Gasteiger charge is 2.39. The standard InChI is InChI=1S/C16H24O4/c1-11(2)15-10-16(17,7-8-20-15)13-9-12(18-3)5-6-14(13)19-4/h5-6,9,11,15,17H,7-8,10H2,1-4H3. The van der Waals surface area contributed by atoms with Crippen LogP contribution in [0.25, 0.3) is 0 Å². The molecule has 0 aliphatic carbocycles. The van der Waals surface area contributed by atoms with Crippen molar-refractivity contribution in [2.24, 2.45) is 5.92 Å². The molecule has 0 spiro atoms. The van der Waals surface area contributed by atoms with Gasteiger partial charge in [0, 0.05) is 18.4 Å². The fourth-order valence-electron chi connectivity index (χ4n) is 2.72. The quantitative estimate of drug-likeness (QED) is 0.921. The Morgan fingerprint density at radius 2 is 2.05 bits per heavy atom. The lowest BCUT2D eigenvalue weighted by molar-refractivity contribution is -0.122. The monoisotopic (exact) mass is 280 g/mol. The Morgan fingerprint density at radius 1 is 1.30 bits per heavy atom. The van der Waals surface area contributed by atoms with Gasteiger partial charge in [-0.05, 0) is 24.1 Å². The van der Waals surface area contributed by atoms with Crippen LogP contribution in [0, 0.1) is 5.92 Å². The smallest absolute Gasteiger partial charge is 0.125 e. The molecule has 1 aromatic rings. The van der Waals surface area contributed by atoms with E-state index in [-0.39, 0.29) is 6.10 Å². The van der Waals surface area contributed by atoms with E-state index in [1.54, 1.807) is 14.2 Å². The largest absolute Gasteiger partial charge is 0.497 e. The number of hydrogen-bond donors (Lipinski definition) is 1. The van der Waals surface area contributed by atoms with Gasteiger partial charge in [-0.1, -0.05) is 13.8 Å². The molecule has 0 bridgehead atoms. The molecule has 2 unspecified atom stereocenters. The Labute approximate surface area is 120 Å². The van der Waals surface area contributed by atoms with Crippen LogP contribution in [0.15, 0.2) is 18.2 Å². The van der Waals surface area contributed by atoms with Crippen molar-refractivity contribution in [1.29, 1.82) is 0 Å². The molecule has 1 aliphatic heterocycles. The highest BCUT2D eigenvalue weighted by atomic mass is 16.5. The third kappa shape index (κ3) is 2.91. The van der Waals surface area contributed by atoms with E-state index in [0.717, 1.165) is 11.3 Å². The van der Waals surface area contributed by atoms with Crippen molar-refractivity contribution in [3.8, 4) is 11.5 Å². The van der Waals surface area contributed by atoms with Crippen molar-refractivity contribution >= 4 is 0 Å². The molecular formula is C16H24O4. The number of benzene rings is 1. The zero-order valence-corrected chi connectivity index (χ0v) is 12.7. The average Bonchev–Trinajstić information content (AvgIpc) is 2.46. The van der Waals surface area contributed by atoms with Gasteiger partial charge >= 0.3 is 0 Å². The number of hydrogen-bond acceptors (Lipinski definition) is 4. The topological polar surface area (TPSA) is 47.9 Å². The Kier molecular flexibility index (Phi) is 4.55. The number of methoxy groups -OCH3 is 2. The summed E-state index contributed by atoms with van der Waals surface area (Å²) in [5.74, 6) is 1.79. The third-order valence-corrected chi connectivity index (χ3v) is 4.04. The zero-order valence-electron chi connectivity index (χ0n) is 12.7. The van der Waals surface area contributed by atoms with E-state index in [0.29, 0.717) is 31.1 Å². The van der Waals surface area contributed by atoms with E-state index in [1.165, 1.54) is 0 Å². The fraction of sp³-hybridized carbons (Fsp3) is 0.625. The molecule has 0 radical (unpaired) electrons. The predicted octanol–water partition coefficient (Wildman–Crippen LogP) is 2.73. The van der Waals surface area contributed by atoms with E-state index >= 15 is 0 Å². The summed E-state index contributed by atoms with van der Waals surface area (Å²) in [7, 11) is 3.24. The Hall–Kier alpha value is -1.26. The maximum atomic E-state index is 11.1. The molecule has 1 saturated heterocycles. The van der Waals surface area contributed by atoms with E-state index in [9.17, 15) is 5.11 Å². The van der Waals surface area contributed by atoms with Crippen LogP contribution >= 0.6 is 0 Å². The van der Waals surface area contributed by atoms with Gasteiger partial charge in [-0.3, -0.25) is 0 Å². The first kappa shape index (κ1) is 15.1. The van der Waals surface area contributed by atoms with Gasteiger partial charge in [-0.25, -0.2) is 0 Å². The zero-order chi connectivity index (χ0) is 14.8.